The van der Waals surface area contributed by atoms with Gasteiger partial charge in [-0.1, -0.05) is 12.1 Å². The molecule has 1 N–H and O–H groups in total. The minimum atomic E-state index is 0.170. The third kappa shape index (κ3) is 2.68. The topological polar surface area (TPSA) is 53.9 Å². The minimum absolute atomic E-state index is 0.170. The Balaban J connectivity index is 2.39. The van der Waals surface area contributed by atoms with Crippen molar-refractivity contribution in [3.8, 4) is 0 Å². The van der Waals surface area contributed by atoms with E-state index < -0.39 is 0 Å². The lowest BCUT2D eigenvalue weighted by Gasteiger charge is -2.17. The van der Waals surface area contributed by atoms with E-state index >= 15 is 0 Å². The first-order valence-corrected chi connectivity index (χ1v) is 5.87. The third-order valence-corrected chi connectivity index (χ3v) is 2.68. The molecule has 0 saturated heterocycles. The van der Waals surface area contributed by atoms with Crippen molar-refractivity contribution in [1.29, 1.82) is 0 Å². The van der Waals surface area contributed by atoms with Gasteiger partial charge in [0.15, 0.2) is 0 Å². The van der Waals surface area contributed by atoms with Crippen LogP contribution in [0.25, 0.3) is 0 Å². The van der Waals surface area contributed by atoms with E-state index in [0.717, 1.165) is 5.69 Å². The molecule has 2 aromatic rings. The van der Waals surface area contributed by atoms with Gasteiger partial charge in [-0.15, -0.1) is 0 Å². The first-order valence-electron chi connectivity index (χ1n) is 5.50. The number of nitrogens with zero attached hydrogens (tertiary/aromatic N) is 4. The van der Waals surface area contributed by atoms with Crippen LogP contribution in [0.2, 0.25) is 5.28 Å². The van der Waals surface area contributed by atoms with Crippen LogP contribution in [0.15, 0.2) is 24.3 Å². The average Bonchev–Trinajstić information content (AvgIpc) is 2.37. The van der Waals surface area contributed by atoms with E-state index in [9.17, 15) is 0 Å². The van der Waals surface area contributed by atoms with Crippen LogP contribution in [0, 0.1) is 6.92 Å². The second kappa shape index (κ2) is 5.18. The van der Waals surface area contributed by atoms with Crippen LogP contribution >= 0.6 is 11.6 Å². The molecule has 6 heteroatoms. The molecule has 94 valence electrons. The SMILES string of the molecule is CNc1nc(Cl)nc(N(C)c2cccc(C)c2)n1. The lowest BCUT2D eigenvalue weighted by molar-refractivity contribution is 0.986. The van der Waals surface area contributed by atoms with Gasteiger partial charge in [-0.25, -0.2) is 0 Å². The standard InChI is InChI=1S/C12H14ClN5/c1-8-5-4-6-9(7-8)18(3)12-16-10(13)15-11(14-2)17-12/h4-7H,1-3H3,(H,14,15,16,17). The third-order valence-electron chi connectivity index (χ3n) is 2.51. The fraction of sp³-hybridized carbons (Fsp3) is 0.250. The maximum atomic E-state index is 5.86. The molecule has 0 spiro atoms. The number of anilines is 3. The predicted octanol–water partition coefficient (Wildman–Crippen LogP) is 2.64. The Morgan fingerprint density at radius 1 is 1.22 bits per heavy atom. The Hall–Kier alpha value is -1.88. The van der Waals surface area contributed by atoms with Gasteiger partial charge in [0.25, 0.3) is 0 Å². The van der Waals surface area contributed by atoms with Crippen LogP contribution in [0.5, 0.6) is 0 Å². The van der Waals surface area contributed by atoms with Crippen molar-refractivity contribution in [2.45, 2.75) is 6.92 Å². The van der Waals surface area contributed by atoms with Crippen LogP contribution in [0.3, 0.4) is 0 Å². The molecule has 0 unspecified atom stereocenters. The molecule has 0 fully saturated rings. The lowest BCUT2D eigenvalue weighted by Crippen LogP contribution is -2.15. The first-order chi connectivity index (χ1) is 8.60. The molecule has 1 aromatic carbocycles. The fourth-order valence-corrected chi connectivity index (χ4v) is 1.71. The molecule has 5 nitrogen and oxygen atoms in total. The van der Waals surface area contributed by atoms with E-state index in [-0.39, 0.29) is 5.28 Å². The van der Waals surface area contributed by atoms with Crippen LogP contribution in [0.4, 0.5) is 17.6 Å². The summed E-state index contributed by atoms with van der Waals surface area (Å²) in [5.41, 5.74) is 2.17. The van der Waals surface area contributed by atoms with Crippen molar-refractivity contribution < 1.29 is 0 Å². The number of aryl methyl sites for hydroxylation is 1. The lowest BCUT2D eigenvalue weighted by atomic mass is 10.2. The number of nitrogens with one attached hydrogen (secondary N) is 1. The maximum Gasteiger partial charge on any atom is 0.235 e. The Kier molecular flexibility index (Phi) is 3.62. The molecule has 18 heavy (non-hydrogen) atoms. The number of hydrogen-bond acceptors (Lipinski definition) is 5. The summed E-state index contributed by atoms with van der Waals surface area (Å²) in [4.78, 5) is 14.2. The van der Waals surface area contributed by atoms with Crippen molar-refractivity contribution in [1.82, 2.24) is 15.0 Å². The molecule has 0 aliphatic heterocycles. The van der Waals surface area contributed by atoms with E-state index in [0.29, 0.717) is 11.9 Å². The minimum Gasteiger partial charge on any atom is -0.357 e. The molecule has 2 rings (SSSR count). The van der Waals surface area contributed by atoms with Crippen molar-refractivity contribution in [2.75, 3.05) is 24.3 Å². The van der Waals surface area contributed by atoms with Gasteiger partial charge in [0.2, 0.25) is 17.2 Å². The Morgan fingerprint density at radius 2 is 2.00 bits per heavy atom. The van der Waals surface area contributed by atoms with E-state index in [1.807, 2.05) is 37.1 Å². The van der Waals surface area contributed by atoms with Crippen molar-refractivity contribution >= 4 is 29.2 Å². The van der Waals surface area contributed by atoms with Crippen molar-refractivity contribution in [3.63, 3.8) is 0 Å². The van der Waals surface area contributed by atoms with Gasteiger partial charge >= 0.3 is 0 Å². The highest BCUT2D eigenvalue weighted by Crippen LogP contribution is 2.22. The summed E-state index contributed by atoms with van der Waals surface area (Å²) >= 11 is 5.86. The Morgan fingerprint density at radius 3 is 2.67 bits per heavy atom. The molecular formula is C12H14ClN5. The van der Waals surface area contributed by atoms with Crippen LogP contribution in [-0.4, -0.2) is 29.0 Å². The predicted molar refractivity (Wildman–Crippen MR) is 73.6 cm³/mol. The fourth-order valence-electron chi connectivity index (χ4n) is 1.55. The van der Waals surface area contributed by atoms with Gasteiger partial charge in [-0.2, -0.15) is 15.0 Å². The number of benzene rings is 1. The second-order valence-corrected chi connectivity index (χ2v) is 4.21. The largest absolute Gasteiger partial charge is 0.357 e. The maximum absolute atomic E-state index is 5.86. The second-order valence-electron chi connectivity index (χ2n) is 3.88. The van der Waals surface area contributed by atoms with E-state index in [1.165, 1.54) is 5.56 Å². The number of halogens is 1. The Bertz CT molecular complexity index is 558. The summed E-state index contributed by atoms with van der Waals surface area (Å²) in [7, 11) is 3.63. The molecule has 0 bridgehead atoms. The van der Waals surface area contributed by atoms with Crippen LogP contribution in [-0.2, 0) is 0 Å². The molecule has 1 heterocycles. The van der Waals surface area contributed by atoms with Gasteiger partial charge < -0.3 is 10.2 Å². The monoisotopic (exact) mass is 263 g/mol. The Labute approximate surface area is 111 Å². The highest BCUT2D eigenvalue weighted by atomic mass is 35.5. The highest BCUT2D eigenvalue weighted by Gasteiger charge is 2.10. The van der Waals surface area contributed by atoms with Gasteiger partial charge in [0.1, 0.15) is 0 Å². The van der Waals surface area contributed by atoms with E-state index in [2.05, 4.69) is 26.3 Å². The van der Waals surface area contributed by atoms with Crippen LogP contribution in [0.1, 0.15) is 5.56 Å². The zero-order valence-electron chi connectivity index (χ0n) is 10.5. The average molecular weight is 264 g/mol. The van der Waals surface area contributed by atoms with Crippen LogP contribution < -0.4 is 10.2 Å². The number of rotatable bonds is 3. The molecule has 0 saturated carbocycles. The summed E-state index contributed by atoms with van der Waals surface area (Å²) in [6, 6.07) is 8.07. The van der Waals surface area contributed by atoms with Gasteiger partial charge in [-0.3, -0.25) is 0 Å². The molecule has 0 atom stereocenters. The van der Waals surface area contributed by atoms with Gasteiger partial charge in [0, 0.05) is 19.8 Å². The first kappa shape index (κ1) is 12.6. The molecule has 1 aromatic heterocycles. The van der Waals surface area contributed by atoms with Crippen molar-refractivity contribution in [3.05, 3.63) is 35.1 Å². The summed E-state index contributed by atoms with van der Waals surface area (Å²) in [6.07, 6.45) is 0. The summed E-state index contributed by atoms with van der Waals surface area (Å²) in [5, 5.41) is 3.02. The van der Waals surface area contributed by atoms with Gasteiger partial charge in [0.05, 0.1) is 0 Å². The molecule has 0 amide bonds. The highest BCUT2D eigenvalue weighted by molar-refractivity contribution is 6.28. The summed E-state index contributed by atoms with van der Waals surface area (Å²) < 4.78 is 0. The smallest absolute Gasteiger partial charge is 0.235 e. The summed E-state index contributed by atoms with van der Waals surface area (Å²) in [5.74, 6) is 0.953. The molecule has 0 aliphatic rings. The van der Waals surface area contributed by atoms with E-state index in [1.54, 1.807) is 7.05 Å². The molecular weight excluding hydrogens is 250 g/mol. The summed E-state index contributed by atoms with van der Waals surface area (Å²) in [6.45, 7) is 2.04. The molecule has 0 radical (unpaired) electrons. The normalized spacial score (nSPS) is 10.2. The van der Waals surface area contributed by atoms with Crippen molar-refractivity contribution in [2.24, 2.45) is 0 Å². The number of aromatic nitrogens is 3. The zero-order chi connectivity index (χ0) is 13.1. The van der Waals surface area contributed by atoms with Gasteiger partial charge in [-0.05, 0) is 36.2 Å². The van der Waals surface area contributed by atoms with E-state index in [4.69, 9.17) is 11.6 Å². The zero-order valence-corrected chi connectivity index (χ0v) is 11.2. The molecule has 0 aliphatic carbocycles. The quantitative estimate of drug-likeness (QED) is 0.923. The number of hydrogen-bond donors (Lipinski definition) is 1.